The quantitative estimate of drug-likeness (QED) is 0.0896. The molecule has 0 amide bonds. The van der Waals surface area contributed by atoms with Gasteiger partial charge in [-0.05, 0) is 108 Å². The molecule has 0 spiro atoms. The molecule has 0 saturated heterocycles. The Morgan fingerprint density at radius 3 is 1.06 bits per heavy atom. The Morgan fingerprint density at radius 2 is 0.722 bits per heavy atom. The molecular weight excluding hydrogens is 681 g/mol. The molecule has 0 unspecified atom stereocenters. The van der Waals surface area contributed by atoms with E-state index in [0.29, 0.717) is 57.2 Å². The number of aromatic hydroxyl groups is 4. The van der Waals surface area contributed by atoms with Gasteiger partial charge in [-0.3, -0.25) is 9.97 Å². The number of aromatic nitrogens is 4. The van der Waals surface area contributed by atoms with Crippen LogP contribution in [0.1, 0.15) is 35.0 Å². The van der Waals surface area contributed by atoms with E-state index in [0.717, 1.165) is 33.6 Å². The van der Waals surface area contributed by atoms with Crippen LogP contribution in [0.25, 0.3) is 66.6 Å². The lowest BCUT2D eigenvalue weighted by atomic mass is 9.97. The van der Waals surface area contributed by atoms with Gasteiger partial charge in [-0.25, -0.2) is 0 Å². The number of nitrogens with one attached hydrogen (secondary N) is 2. The van der Waals surface area contributed by atoms with Crippen molar-refractivity contribution in [3.63, 3.8) is 0 Å². The Morgan fingerprint density at radius 1 is 0.407 bits per heavy atom. The van der Waals surface area contributed by atoms with Crippen molar-refractivity contribution in [1.29, 1.82) is 0 Å². The lowest BCUT2D eigenvalue weighted by molar-refractivity contribution is 0.0260. The number of H-pyrrole nitrogens is 2. The summed E-state index contributed by atoms with van der Waals surface area (Å²) < 4.78 is 0. The Balaban J connectivity index is 1.51. The Labute approximate surface area is 308 Å². The molecule has 3 aromatic heterocycles. The van der Waals surface area contributed by atoms with Gasteiger partial charge >= 0.3 is 0 Å². The first-order chi connectivity index (χ1) is 26.2. The lowest BCUT2D eigenvalue weighted by Gasteiger charge is -2.13. The molecule has 7 aromatic rings. The van der Waals surface area contributed by atoms with Crippen LogP contribution in [-0.2, 0) is 12.8 Å². The highest BCUT2D eigenvalue weighted by molar-refractivity contribution is 5.92. The molecule has 10 heteroatoms. The van der Waals surface area contributed by atoms with Crippen molar-refractivity contribution in [3.8, 4) is 67.5 Å². The number of aliphatic hydroxyl groups is 2. The van der Waals surface area contributed by atoms with Gasteiger partial charge in [0.1, 0.15) is 35.2 Å². The van der Waals surface area contributed by atoms with E-state index < -0.39 is 12.2 Å². The van der Waals surface area contributed by atoms with Crippen LogP contribution in [-0.4, -0.2) is 50.6 Å². The maximum atomic E-state index is 11.9. The van der Waals surface area contributed by atoms with E-state index in [1.54, 1.807) is 84.9 Å². The van der Waals surface area contributed by atoms with Gasteiger partial charge in [0, 0.05) is 44.3 Å². The second-order valence-corrected chi connectivity index (χ2v) is 13.5. The van der Waals surface area contributed by atoms with Gasteiger partial charge in [0.05, 0.1) is 22.8 Å². The van der Waals surface area contributed by atoms with E-state index in [2.05, 4.69) is 9.97 Å². The largest absolute Gasteiger partial charge is 0.508 e. The molecule has 8 N–H and O–H groups in total. The first kappa shape index (κ1) is 33.0. The molecular formula is C44H34N4O6. The predicted octanol–water partition coefficient (Wildman–Crippen LogP) is 8.36. The van der Waals surface area contributed by atoms with Gasteiger partial charge in [-0.15, -0.1) is 0 Å². The van der Waals surface area contributed by atoms with Gasteiger partial charge < -0.3 is 40.6 Å². The summed E-state index contributed by atoms with van der Waals surface area (Å²) in [5, 5.41) is 66.1. The Bertz CT molecular complexity index is 2600. The van der Waals surface area contributed by atoms with Crippen LogP contribution in [0.2, 0.25) is 0 Å². The molecule has 9 rings (SSSR count). The number of phenolic OH excluding ortho intramolecular Hbond substituents is 4. The van der Waals surface area contributed by atoms with E-state index in [4.69, 9.17) is 9.97 Å². The van der Waals surface area contributed by atoms with E-state index >= 15 is 0 Å². The third kappa shape index (κ3) is 5.70. The molecule has 266 valence electrons. The standard InChI is InChI=1S/C44H34N4O6/c49-27-9-1-5-23(19-27)37-31-13-14-32(45-31)38(24-6-2-10-28(50)20-24)34-16-18-36(47-34)40(26-8-4-12-30(52)22-26)42-44(54)43(53)41(48-42)39(35-17-15-33(37)46-35)25-7-3-11-29(51)21-25/h1-12,15-22,43-44,46-47,49-54H,13-14H2/t43-,44+. The third-order valence-electron chi connectivity index (χ3n) is 10.0. The molecule has 8 bridgehead atoms. The highest BCUT2D eigenvalue weighted by Crippen LogP contribution is 2.45. The van der Waals surface area contributed by atoms with E-state index in [1.165, 1.54) is 0 Å². The summed E-state index contributed by atoms with van der Waals surface area (Å²) in [6.07, 6.45) is -1.80. The maximum absolute atomic E-state index is 11.9. The number of aliphatic hydroxyl groups excluding tert-OH is 2. The summed E-state index contributed by atoms with van der Waals surface area (Å²) in [5.74, 6) is 0.214. The van der Waals surface area contributed by atoms with E-state index in [-0.39, 0.29) is 34.4 Å². The van der Waals surface area contributed by atoms with Crippen molar-refractivity contribution in [3.05, 3.63) is 144 Å². The van der Waals surface area contributed by atoms with Crippen LogP contribution in [0.4, 0.5) is 0 Å². The van der Waals surface area contributed by atoms with Crippen LogP contribution in [0.3, 0.4) is 0 Å². The first-order valence-electron chi connectivity index (χ1n) is 17.5. The molecule has 0 saturated carbocycles. The molecule has 2 aliphatic heterocycles. The number of phenols is 4. The van der Waals surface area contributed by atoms with Crippen molar-refractivity contribution in [2.24, 2.45) is 0 Å². The van der Waals surface area contributed by atoms with Gasteiger partial charge in [0.15, 0.2) is 0 Å². The van der Waals surface area contributed by atoms with Crippen LogP contribution in [0, 0.1) is 0 Å². The SMILES string of the molecule is Oc1cccc(-c2c3nc(c(-c4cccc(O)c4)c4ccc([nH]4)c(-c4cccc(O)c4)c4nc(c(-c5cccc(O)c5)c5ccc2[nH]5)[C@@H](O)[C@H]4O)CC3)c1. The van der Waals surface area contributed by atoms with Crippen molar-refractivity contribution in [1.82, 2.24) is 19.9 Å². The molecule has 10 nitrogen and oxygen atoms in total. The zero-order chi connectivity index (χ0) is 37.1. The fourth-order valence-corrected chi connectivity index (χ4v) is 7.70. The highest BCUT2D eigenvalue weighted by Gasteiger charge is 2.35. The predicted molar refractivity (Wildman–Crippen MR) is 207 cm³/mol. The monoisotopic (exact) mass is 714 g/mol. The van der Waals surface area contributed by atoms with E-state index in [9.17, 15) is 30.6 Å². The van der Waals surface area contributed by atoms with Crippen LogP contribution < -0.4 is 0 Å². The molecule has 0 radical (unpaired) electrons. The lowest BCUT2D eigenvalue weighted by Crippen LogP contribution is -2.05. The summed E-state index contributed by atoms with van der Waals surface area (Å²) in [7, 11) is 0. The Kier molecular flexibility index (Phi) is 7.92. The summed E-state index contributed by atoms with van der Waals surface area (Å²) in [6, 6.07) is 34.7. The molecule has 2 atom stereocenters. The van der Waals surface area contributed by atoms with Crippen molar-refractivity contribution in [2.45, 2.75) is 25.0 Å². The van der Waals surface area contributed by atoms with Crippen LogP contribution >= 0.6 is 0 Å². The molecule has 0 fully saturated rings. The minimum Gasteiger partial charge on any atom is -0.508 e. The number of rotatable bonds is 4. The Hall–Kier alpha value is -6.88. The number of fused-ring (bicyclic) bond motifs is 8. The number of hydrogen-bond acceptors (Lipinski definition) is 8. The average Bonchev–Trinajstić information content (AvgIpc) is 3.97. The topological polar surface area (TPSA) is 179 Å². The zero-order valence-electron chi connectivity index (χ0n) is 28.7. The van der Waals surface area contributed by atoms with Crippen LogP contribution in [0.5, 0.6) is 23.0 Å². The smallest absolute Gasteiger partial charge is 0.128 e. The average molecular weight is 715 g/mol. The second-order valence-electron chi connectivity index (χ2n) is 13.5. The zero-order valence-corrected chi connectivity index (χ0v) is 28.7. The molecule has 4 aromatic carbocycles. The second kappa shape index (κ2) is 13.0. The minimum atomic E-state index is -1.47. The van der Waals surface area contributed by atoms with Crippen molar-refractivity contribution in [2.75, 3.05) is 0 Å². The van der Waals surface area contributed by atoms with Gasteiger partial charge in [0.2, 0.25) is 0 Å². The first-order valence-corrected chi connectivity index (χ1v) is 17.5. The number of hydrogen-bond donors (Lipinski definition) is 8. The van der Waals surface area contributed by atoms with Crippen LogP contribution in [0.15, 0.2) is 121 Å². The van der Waals surface area contributed by atoms with Crippen molar-refractivity contribution >= 4 is 22.1 Å². The summed E-state index contributed by atoms with van der Waals surface area (Å²) in [6.45, 7) is 0. The molecule has 54 heavy (non-hydrogen) atoms. The van der Waals surface area contributed by atoms with Gasteiger partial charge in [0.25, 0.3) is 0 Å². The molecule has 0 aliphatic carbocycles. The number of benzene rings is 4. The third-order valence-corrected chi connectivity index (χ3v) is 10.0. The van der Waals surface area contributed by atoms with Gasteiger partial charge in [-0.2, -0.15) is 0 Å². The maximum Gasteiger partial charge on any atom is 0.128 e. The molecule has 5 heterocycles. The minimum absolute atomic E-state index is 0.0110. The van der Waals surface area contributed by atoms with Gasteiger partial charge in [-0.1, -0.05) is 48.5 Å². The summed E-state index contributed by atoms with van der Waals surface area (Å²) >= 11 is 0. The fourth-order valence-electron chi connectivity index (χ4n) is 7.70. The number of aromatic amines is 2. The molecule has 2 aliphatic rings. The highest BCUT2D eigenvalue weighted by atomic mass is 16.3. The summed E-state index contributed by atoms with van der Waals surface area (Å²) in [4.78, 5) is 17.3. The number of nitrogens with zero attached hydrogens (tertiary/aromatic N) is 2. The number of aryl methyl sites for hydroxylation is 2. The van der Waals surface area contributed by atoms with E-state index in [1.807, 2.05) is 36.4 Å². The summed E-state index contributed by atoms with van der Waals surface area (Å²) in [5.41, 5.74) is 9.40. The fraction of sp³-hybridized carbons (Fsp3) is 0.0909. The normalized spacial score (nSPS) is 15.4. The van der Waals surface area contributed by atoms with Crippen molar-refractivity contribution < 1.29 is 30.6 Å².